The maximum absolute atomic E-state index is 11.6. The molecule has 0 spiro atoms. The lowest BCUT2D eigenvalue weighted by atomic mass is 9.84. The van der Waals surface area contributed by atoms with Crippen LogP contribution in [0.15, 0.2) is 12.1 Å². The van der Waals surface area contributed by atoms with Crippen molar-refractivity contribution in [1.29, 1.82) is 0 Å². The molecule has 4 heterocycles. The summed E-state index contributed by atoms with van der Waals surface area (Å²) in [7, 11) is 0. The minimum atomic E-state index is -0.172. The summed E-state index contributed by atoms with van der Waals surface area (Å²) in [6.07, 6.45) is 2.53. The quantitative estimate of drug-likeness (QED) is 0.848. The first-order valence-electron chi connectivity index (χ1n) is 7.37. The second-order valence-electron chi connectivity index (χ2n) is 5.55. The van der Waals surface area contributed by atoms with Crippen LogP contribution in [0.4, 0.5) is 5.82 Å². The Morgan fingerprint density at radius 2 is 2.15 bits per heavy atom. The van der Waals surface area contributed by atoms with Crippen LogP contribution in [-0.4, -0.2) is 53.2 Å². The van der Waals surface area contributed by atoms with Crippen LogP contribution in [0.5, 0.6) is 0 Å². The van der Waals surface area contributed by atoms with E-state index in [9.17, 15) is 4.79 Å². The van der Waals surface area contributed by atoms with Crippen molar-refractivity contribution >= 4 is 11.7 Å². The summed E-state index contributed by atoms with van der Waals surface area (Å²) in [5.74, 6) is 1.33. The van der Waals surface area contributed by atoms with Gasteiger partial charge in [-0.2, -0.15) is 0 Å². The summed E-state index contributed by atoms with van der Waals surface area (Å²) in [5.41, 5.74) is 0.367. The van der Waals surface area contributed by atoms with E-state index in [-0.39, 0.29) is 5.91 Å². The molecule has 0 radical (unpaired) electrons. The molecule has 1 amide bonds. The Morgan fingerprint density at radius 3 is 2.70 bits per heavy atom. The molecule has 108 valence electrons. The van der Waals surface area contributed by atoms with Gasteiger partial charge >= 0.3 is 0 Å². The number of amides is 1. The number of hydrogen-bond acceptors (Lipinski definition) is 5. The third-order valence-corrected chi connectivity index (χ3v) is 4.22. The average molecular weight is 275 g/mol. The minimum Gasteiger partial charge on any atom is -0.364 e. The maximum Gasteiger partial charge on any atom is 0.271 e. The van der Waals surface area contributed by atoms with Gasteiger partial charge in [-0.3, -0.25) is 4.79 Å². The van der Waals surface area contributed by atoms with Gasteiger partial charge in [0.05, 0.1) is 0 Å². The van der Waals surface area contributed by atoms with Gasteiger partial charge in [0.25, 0.3) is 5.91 Å². The summed E-state index contributed by atoms with van der Waals surface area (Å²) < 4.78 is 0. The fourth-order valence-corrected chi connectivity index (χ4v) is 3.10. The molecule has 1 aromatic rings. The van der Waals surface area contributed by atoms with Crippen molar-refractivity contribution in [3.8, 4) is 0 Å². The molecule has 6 nitrogen and oxygen atoms in total. The number of anilines is 1. The number of carbonyl (C=O) groups is 1. The number of hydrogen-bond donors (Lipinski definition) is 2. The molecule has 4 rings (SSSR count). The summed E-state index contributed by atoms with van der Waals surface area (Å²) in [4.78, 5) is 14.1. The first-order chi connectivity index (χ1) is 9.76. The van der Waals surface area contributed by atoms with Crippen molar-refractivity contribution in [2.45, 2.75) is 25.8 Å². The fraction of sp³-hybridized carbons (Fsp3) is 0.643. The molecule has 3 fully saturated rings. The van der Waals surface area contributed by atoms with Crippen molar-refractivity contribution < 1.29 is 4.79 Å². The highest BCUT2D eigenvalue weighted by molar-refractivity contribution is 5.92. The number of nitrogens with zero attached hydrogens (tertiary/aromatic N) is 3. The molecule has 6 heteroatoms. The van der Waals surface area contributed by atoms with Crippen molar-refractivity contribution in [1.82, 2.24) is 20.4 Å². The first kappa shape index (κ1) is 13.3. The van der Waals surface area contributed by atoms with Crippen LogP contribution in [0.25, 0.3) is 0 Å². The monoisotopic (exact) mass is 275 g/mol. The van der Waals surface area contributed by atoms with Crippen LogP contribution in [0, 0.1) is 5.92 Å². The second kappa shape index (κ2) is 5.75. The summed E-state index contributed by atoms with van der Waals surface area (Å²) in [5, 5.41) is 14.3. The van der Waals surface area contributed by atoms with E-state index >= 15 is 0 Å². The van der Waals surface area contributed by atoms with Crippen LogP contribution in [0.2, 0.25) is 0 Å². The van der Waals surface area contributed by atoms with Crippen molar-refractivity contribution in [2.75, 3.05) is 31.5 Å². The van der Waals surface area contributed by atoms with E-state index in [1.54, 1.807) is 6.07 Å². The smallest absolute Gasteiger partial charge is 0.271 e. The zero-order chi connectivity index (χ0) is 13.9. The molecule has 1 atom stereocenters. The van der Waals surface area contributed by atoms with Crippen molar-refractivity contribution in [3.05, 3.63) is 17.8 Å². The molecule has 2 N–H and O–H groups in total. The zero-order valence-electron chi connectivity index (χ0n) is 11.8. The average Bonchev–Trinajstić information content (AvgIpc) is 2.49. The fourth-order valence-electron chi connectivity index (χ4n) is 3.10. The van der Waals surface area contributed by atoms with E-state index in [1.807, 2.05) is 13.0 Å². The molecule has 0 aliphatic carbocycles. The normalized spacial score (nSPS) is 28.1. The Hall–Kier alpha value is -1.69. The lowest BCUT2D eigenvalue weighted by Crippen LogP contribution is -2.53. The summed E-state index contributed by atoms with van der Waals surface area (Å²) in [6.45, 7) is 6.02. The summed E-state index contributed by atoms with van der Waals surface area (Å²) >= 11 is 0. The molecule has 1 unspecified atom stereocenters. The van der Waals surface area contributed by atoms with Crippen LogP contribution in [0.3, 0.4) is 0 Å². The van der Waals surface area contributed by atoms with Gasteiger partial charge in [-0.1, -0.05) is 0 Å². The van der Waals surface area contributed by atoms with Gasteiger partial charge in [0.1, 0.15) is 5.82 Å². The van der Waals surface area contributed by atoms with E-state index in [4.69, 9.17) is 0 Å². The number of fused-ring (bicyclic) bond motifs is 3. The van der Waals surface area contributed by atoms with Crippen LogP contribution < -0.4 is 10.6 Å². The topological polar surface area (TPSA) is 70.2 Å². The van der Waals surface area contributed by atoms with Gasteiger partial charge in [0.15, 0.2) is 5.69 Å². The van der Waals surface area contributed by atoms with Gasteiger partial charge in [-0.05, 0) is 50.9 Å². The number of piperidine rings is 3. The van der Waals surface area contributed by atoms with Gasteiger partial charge in [-0.15, -0.1) is 10.2 Å². The van der Waals surface area contributed by atoms with E-state index < -0.39 is 0 Å². The van der Waals surface area contributed by atoms with Crippen molar-refractivity contribution in [2.24, 2.45) is 5.92 Å². The predicted molar refractivity (Wildman–Crippen MR) is 76.6 cm³/mol. The van der Waals surface area contributed by atoms with Gasteiger partial charge < -0.3 is 15.5 Å². The summed E-state index contributed by atoms with van der Waals surface area (Å²) in [6, 6.07) is 4.03. The Kier molecular flexibility index (Phi) is 3.82. The highest BCUT2D eigenvalue weighted by Gasteiger charge is 2.34. The van der Waals surface area contributed by atoms with Crippen LogP contribution >= 0.6 is 0 Å². The molecule has 0 aromatic carbocycles. The molecular formula is C14H21N5O. The van der Waals surface area contributed by atoms with E-state index in [0.29, 0.717) is 18.3 Å². The standard InChI is InChI=1S/C14H21N5O/c1-2-15-14(20)11-3-4-13(18-17-11)16-12-9-19-7-5-10(12)6-8-19/h3-4,10,12H,2,5-9H2,1H3,(H,15,20)(H,16,18). The van der Waals surface area contributed by atoms with Gasteiger partial charge in [0.2, 0.25) is 0 Å². The Labute approximate surface area is 118 Å². The van der Waals surface area contributed by atoms with Crippen molar-refractivity contribution in [3.63, 3.8) is 0 Å². The number of nitrogens with one attached hydrogen (secondary N) is 2. The molecule has 3 aliphatic heterocycles. The number of aromatic nitrogens is 2. The second-order valence-corrected chi connectivity index (χ2v) is 5.55. The lowest BCUT2D eigenvalue weighted by molar-refractivity contribution is 0.0949. The molecule has 0 saturated carbocycles. The Bertz CT molecular complexity index is 467. The lowest BCUT2D eigenvalue weighted by Gasteiger charge is -2.45. The minimum absolute atomic E-state index is 0.172. The number of rotatable bonds is 4. The van der Waals surface area contributed by atoms with E-state index in [1.165, 1.54) is 25.9 Å². The SMILES string of the molecule is CCNC(=O)c1ccc(NC2CN3CCC2CC3)nn1. The number of carbonyl (C=O) groups excluding carboxylic acids is 1. The van der Waals surface area contributed by atoms with E-state index in [0.717, 1.165) is 18.3 Å². The predicted octanol–water partition coefficient (Wildman–Crippen LogP) is 0.732. The Morgan fingerprint density at radius 1 is 1.35 bits per heavy atom. The third-order valence-electron chi connectivity index (χ3n) is 4.22. The van der Waals surface area contributed by atoms with Crippen LogP contribution in [-0.2, 0) is 0 Å². The van der Waals surface area contributed by atoms with Gasteiger partial charge in [-0.25, -0.2) is 0 Å². The van der Waals surface area contributed by atoms with Crippen LogP contribution in [0.1, 0.15) is 30.3 Å². The van der Waals surface area contributed by atoms with E-state index in [2.05, 4.69) is 25.7 Å². The molecule has 2 bridgehead atoms. The highest BCUT2D eigenvalue weighted by atomic mass is 16.1. The molecular weight excluding hydrogens is 254 g/mol. The molecule has 3 aliphatic rings. The zero-order valence-corrected chi connectivity index (χ0v) is 11.8. The van der Waals surface area contributed by atoms with Gasteiger partial charge in [0, 0.05) is 19.1 Å². The largest absolute Gasteiger partial charge is 0.364 e. The Balaban J connectivity index is 1.62. The molecule has 1 aromatic heterocycles. The molecule has 3 saturated heterocycles. The third kappa shape index (κ3) is 2.75. The first-order valence-corrected chi connectivity index (χ1v) is 7.37. The maximum atomic E-state index is 11.6. The molecule has 20 heavy (non-hydrogen) atoms. The highest BCUT2D eigenvalue weighted by Crippen LogP contribution is 2.29.